The standard InChI is InChI=1S/C13H12N2O3/c1-2-18-10-5-3-9(4-6-10)11-7-12(13(16)17)15-8-14-11/h3-8H,2H2,1H3,(H,16,17). The molecule has 1 aromatic carbocycles. The molecule has 1 aromatic heterocycles. The Kier molecular flexibility index (Phi) is 3.52. The Hall–Kier alpha value is -2.43. The molecule has 0 atom stereocenters. The largest absolute Gasteiger partial charge is 0.494 e. The molecular weight excluding hydrogens is 232 g/mol. The first-order chi connectivity index (χ1) is 8.70. The summed E-state index contributed by atoms with van der Waals surface area (Å²) in [7, 11) is 0. The molecule has 5 heteroatoms. The predicted octanol–water partition coefficient (Wildman–Crippen LogP) is 2.24. The van der Waals surface area contributed by atoms with Crippen LogP contribution in [-0.2, 0) is 0 Å². The van der Waals surface area contributed by atoms with Crippen LogP contribution in [0.1, 0.15) is 17.4 Å². The molecule has 0 spiro atoms. The first kappa shape index (κ1) is 12.0. The maximum atomic E-state index is 10.8. The zero-order chi connectivity index (χ0) is 13.0. The number of benzene rings is 1. The quantitative estimate of drug-likeness (QED) is 0.892. The topological polar surface area (TPSA) is 72.3 Å². The molecular formula is C13H12N2O3. The molecule has 0 aliphatic carbocycles. The van der Waals surface area contributed by atoms with Crippen LogP contribution in [0.2, 0.25) is 0 Å². The smallest absolute Gasteiger partial charge is 0.354 e. The summed E-state index contributed by atoms with van der Waals surface area (Å²) >= 11 is 0. The zero-order valence-corrected chi connectivity index (χ0v) is 9.83. The molecule has 0 amide bonds. The van der Waals surface area contributed by atoms with Gasteiger partial charge in [0.1, 0.15) is 12.1 Å². The van der Waals surface area contributed by atoms with E-state index in [1.807, 2.05) is 31.2 Å². The van der Waals surface area contributed by atoms with Crippen LogP contribution in [0.3, 0.4) is 0 Å². The molecule has 92 valence electrons. The third-order valence-corrected chi connectivity index (χ3v) is 2.35. The van der Waals surface area contributed by atoms with Gasteiger partial charge in [-0.25, -0.2) is 14.8 Å². The average molecular weight is 244 g/mol. The first-order valence-electron chi connectivity index (χ1n) is 5.49. The lowest BCUT2D eigenvalue weighted by molar-refractivity contribution is 0.0690. The Morgan fingerprint density at radius 1 is 1.28 bits per heavy atom. The van der Waals surface area contributed by atoms with Crippen molar-refractivity contribution in [3.8, 4) is 17.0 Å². The van der Waals surface area contributed by atoms with Crippen molar-refractivity contribution in [3.63, 3.8) is 0 Å². The number of rotatable bonds is 4. The Labute approximate surface area is 104 Å². The van der Waals surface area contributed by atoms with Crippen LogP contribution in [0.25, 0.3) is 11.3 Å². The van der Waals surface area contributed by atoms with Crippen LogP contribution in [0.15, 0.2) is 36.7 Å². The molecule has 0 fully saturated rings. The van der Waals surface area contributed by atoms with E-state index in [1.54, 1.807) is 0 Å². The van der Waals surface area contributed by atoms with Crippen molar-refractivity contribution < 1.29 is 14.6 Å². The fraction of sp³-hybridized carbons (Fsp3) is 0.154. The maximum Gasteiger partial charge on any atom is 0.354 e. The molecule has 2 rings (SSSR count). The van der Waals surface area contributed by atoms with Gasteiger partial charge in [-0.1, -0.05) is 0 Å². The third-order valence-electron chi connectivity index (χ3n) is 2.35. The molecule has 0 unspecified atom stereocenters. The lowest BCUT2D eigenvalue weighted by Gasteiger charge is -2.04. The summed E-state index contributed by atoms with van der Waals surface area (Å²) in [6.45, 7) is 2.52. The number of aromatic carboxylic acids is 1. The molecule has 0 saturated carbocycles. The number of aromatic nitrogens is 2. The lowest BCUT2D eigenvalue weighted by Crippen LogP contribution is -2.01. The van der Waals surface area contributed by atoms with Crippen LogP contribution in [-0.4, -0.2) is 27.7 Å². The Balaban J connectivity index is 2.30. The number of carbonyl (C=O) groups is 1. The third kappa shape index (κ3) is 2.63. The van der Waals surface area contributed by atoms with Crippen molar-refractivity contribution in [2.45, 2.75) is 6.92 Å². The van der Waals surface area contributed by atoms with Gasteiger partial charge in [0, 0.05) is 5.56 Å². The Bertz CT molecular complexity index is 552. The van der Waals surface area contributed by atoms with Crippen molar-refractivity contribution in [1.29, 1.82) is 0 Å². The van der Waals surface area contributed by atoms with Gasteiger partial charge in [-0.05, 0) is 37.3 Å². The van der Waals surface area contributed by atoms with Crippen LogP contribution in [0.5, 0.6) is 5.75 Å². The fourth-order valence-electron chi connectivity index (χ4n) is 1.52. The van der Waals surface area contributed by atoms with E-state index in [1.165, 1.54) is 12.4 Å². The van der Waals surface area contributed by atoms with Crippen LogP contribution < -0.4 is 4.74 Å². The minimum Gasteiger partial charge on any atom is -0.494 e. The first-order valence-corrected chi connectivity index (χ1v) is 5.49. The zero-order valence-electron chi connectivity index (χ0n) is 9.83. The van der Waals surface area contributed by atoms with Gasteiger partial charge in [0.25, 0.3) is 0 Å². The van der Waals surface area contributed by atoms with Crippen molar-refractivity contribution in [3.05, 3.63) is 42.4 Å². The number of nitrogens with zero attached hydrogens (tertiary/aromatic N) is 2. The second-order valence-corrected chi connectivity index (χ2v) is 3.55. The molecule has 1 heterocycles. The second kappa shape index (κ2) is 5.27. The number of ether oxygens (including phenoxy) is 1. The van der Waals surface area contributed by atoms with E-state index in [-0.39, 0.29) is 5.69 Å². The molecule has 0 saturated heterocycles. The minimum absolute atomic E-state index is 0.0196. The normalized spacial score (nSPS) is 10.1. The van der Waals surface area contributed by atoms with Gasteiger partial charge in [0.2, 0.25) is 0 Å². The van der Waals surface area contributed by atoms with E-state index < -0.39 is 5.97 Å². The van der Waals surface area contributed by atoms with Gasteiger partial charge < -0.3 is 9.84 Å². The fourth-order valence-corrected chi connectivity index (χ4v) is 1.52. The highest BCUT2D eigenvalue weighted by Gasteiger charge is 2.07. The molecule has 0 bridgehead atoms. The molecule has 0 radical (unpaired) electrons. The molecule has 1 N–H and O–H groups in total. The van der Waals surface area contributed by atoms with Gasteiger partial charge in [-0.15, -0.1) is 0 Å². The van der Waals surface area contributed by atoms with E-state index in [2.05, 4.69) is 9.97 Å². The molecule has 5 nitrogen and oxygen atoms in total. The summed E-state index contributed by atoms with van der Waals surface area (Å²) in [5.41, 5.74) is 1.38. The van der Waals surface area contributed by atoms with Crippen molar-refractivity contribution in [2.75, 3.05) is 6.61 Å². The Morgan fingerprint density at radius 2 is 2.00 bits per heavy atom. The van der Waals surface area contributed by atoms with Gasteiger partial charge in [-0.2, -0.15) is 0 Å². The van der Waals surface area contributed by atoms with E-state index in [9.17, 15) is 4.79 Å². The number of carboxylic acids is 1. The summed E-state index contributed by atoms with van der Waals surface area (Å²) in [6.07, 6.45) is 1.25. The van der Waals surface area contributed by atoms with Crippen molar-refractivity contribution in [2.24, 2.45) is 0 Å². The van der Waals surface area contributed by atoms with Crippen LogP contribution in [0, 0.1) is 0 Å². The van der Waals surface area contributed by atoms with Crippen molar-refractivity contribution in [1.82, 2.24) is 9.97 Å². The summed E-state index contributed by atoms with van der Waals surface area (Å²) in [4.78, 5) is 18.5. The molecule has 2 aromatic rings. The molecule has 18 heavy (non-hydrogen) atoms. The second-order valence-electron chi connectivity index (χ2n) is 3.55. The van der Waals surface area contributed by atoms with Gasteiger partial charge >= 0.3 is 5.97 Å². The minimum atomic E-state index is -1.07. The SMILES string of the molecule is CCOc1ccc(-c2cc(C(=O)O)ncn2)cc1. The van der Waals surface area contributed by atoms with Crippen molar-refractivity contribution >= 4 is 5.97 Å². The lowest BCUT2D eigenvalue weighted by atomic mass is 10.1. The Morgan fingerprint density at radius 3 is 2.61 bits per heavy atom. The monoisotopic (exact) mass is 244 g/mol. The van der Waals surface area contributed by atoms with Crippen LogP contribution >= 0.6 is 0 Å². The van der Waals surface area contributed by atoms with E-state index >= 15 is 0 Å². The predicted molar refractivity (Wildman–Crippen MR) is 65.6 cm³/mol. The summed E-state index contributed by atoms with van der Waals surface area (Å²) in [6, 6.07) is 8.75. The number of carboxylic acid groups (broad SMARTS) is 1. The highest BCUT2D eigenvalue weighted by Crippen LogP contribution is 2.20. The maximum absolute atomic E-state index is 10.8. The van der Waals surface area contributed by atoms with E-state index in [4.69, 9.17) is 9.84 Å². The number of hydrogen-bond donors (Lipinski definition) is 1. The van der Waals surface area contributed by atoms with E-state index in [0.717, 1.165) is 11.3 Å². The van der Waals surface area contributed by atoms with Gasteiger partial charge in [-0.3, -0.25) is 0 Å². The van der Waals surface area contributed by atoms with Crippen LogP contribution in [0.4, 0.5) is 0 Å². The van der Waals surface area contributed by atoms with Gasteiger partial charge in [0.15, 0.2) is 5.69 Å². The summed E-state index contributed by atoms with van der Waals surface area (Å²) in [5, 5.41) is 8.86. The average Bonchev–Trinajstić information content (AvgIpc) is 2.40. The summed E-state index contributed by atoms with van der Waals surface area (Å²) < 4.78 is 5.33. The molecule has 0 aliphatic heterocycles. The van der Waals surface area contributed by atoms with Gasteiger partial charge in [0.05, 0.1) is 12.3 Å². The highest BCUT2D eigenvalue weighted by molar-refractivity contribution is 5.86. The number of hydrogen-bond acceptors (Lipinski definition) is 4. The van der Waals surface area contributed by atoms with E-state index in [0.29, 0.717) is 12.3 Å². The molecule has 0 aliphatic rings. The summed E-state index contributed by atoms with van der Waals surface area (Å²) in [5.74, 6) is -0.293. The highest BCUT2D eigenvalue weighted by atomic mass is 16.5.